The number of methoxy groups -OCH3 is 1. The zero-order valence-corrected chi connectivity index (χ0v) is 16.5. The molecule has 3 nitrogen and oxygen atoms in total. The minimum Gasteiger partial charge on any atom is -0.497 e. The number of hydrogen-bond acceptors (Lipinski definition) is 2. The van der Waals surface area contributed by atoms with Crippen LogP contribution in [0.5, 0.6) is 5.75 Å². The highest BCUT2D eigenvalue weighted by Crippen LogP contribution is 2.40. The highest BCUT2D eigenvalue weighted by Gasteiger charge is 2.35. The summed E-state index contributed by atoms with van der Waals surface area (Å²) in [4.78, 5) is 12.8. The van der Waals surface area contributed by atoms with Crippen LogP contribution in [-0.2, 0) is 6.42 Å². The lowest BCUT2D eigenvalue weighted by Gasteiger charge is -2.30. The van der Waals surface area contributed by atoms with Crippen LogP contribution in [0.15, 0.2) is 54.6 Å². The van der Waals surface area contributed by atoms with E-state index in [1.807, 2.05) is 54.6 Å². The number of rotatable bonds is 3. The van der Waals surface area contributed by atoms with E-state index in [1.165, 1.54) is 0 Å². The first-order chi connectivity index (χ1) is 12.9. The summed E-state index contributed by atoms with van der Waals surface area (Å²) >= 11 is 6.08. The van der Waals surface area contributed by atoms with Gasteiger partial charge in [-0.3, -0.25) is 4.79 Å². The van der Waals surface area contributed by atoms with Gasteiger partial charge in [0.25, 0.3) is 0 Å². The van der Waals surface area contributed by atoms with Crippen LogP contribution < -0.4 is 4.74 Å². The Bertz CT molecular complexity index is 1020. The predicted molar refractivity (Wildman–Crippen MR) is 109 cm³/mol. The normalized spacial score (nSPS) is 15.5. The Morgan fingerprint density at radius 1 is 1.04 bits per heavy atom. The van der Waals surface area contributed by atoms with E-state index < -0.39 is 0 Å². The largest absolute Gasteiger partial charge is 0.497 e. The second kappa shape index (κ2) is 6.58. The third-order valence-electron chi connectivity index (χ3n) is 5.14. The van der Waals surface area contributed by atoms with Crippen LogP contribution in [-0.4, -0.2) is 17.5 Å². The second-order valence-electron chi connectivity index (χ2n) is 7.87. The summed E-state index contributed by atoms with van der Waals surface area (Å²) in [6.45, 7) is 4.30. The maximum atomic E-state index is 12.8. The molecule has 0 atom stereocenters. The van der Waals surface area contributed by atoms with Crippen molar-refractivity contribution in [3.05, 3.63) is 70.9 Å². The van der Waals surface area contributed by atoms with Crippen molar-refractivity contribution < 1.29 is 9.53 Å². The maximum Gasteiger partial charge on any atom is 0.165 e. The fraction of sp³-hybridized carbons (Fsp3) is 0.261. The van der Waals surface area contributed by atoms with Gasteiger partial charge in [-0.05, 0) is 47.7 Å². The van der Waals surface area contributed by atoms with Crippen LogP contribution in [0.2, 0.25) is 5.02 Å². The van der Waals surface area contributed by atoms with E-state index in [2.05, 4.69) is 18.4 Å². The molecule has 2 aromatic carbocycles. The Hall–Kier alpha value is -2.52. The van der Waals surface area contributed by atoms with E-state index in [4.69, 9.17) is 16.3 Å². The molecular weight excluding hydrogens is 358 g/mol. The predicted octanol–water partition coefficient (Wildman–Crippen LogP) is 5.96. The second-order valence-corrected chi connectivity index (χ2v) is 8.31. The first-order valence-corrected chi connectivity index (χ1v) is 9.44. The van der Waals surface area contributed by atoms with Gasteiger partial charge in [0, 0.05) is 34.5 Å². The van der Waals surface area contributed by atoms with Crippen molar-refractivity contribution in [2.24, 2.45) is 5.41 Å². The van der Waals surface area contributed by atoms with Gasteiger partial charge >= 0.3 is 0 Å². The topological polar surface area (TPSA) is 31.2 Å². The van der Waals surface area contributed by atoms with Crippen molar-refractivity contribution in [1.82, 2.24) is 4.57 Å². The molecule has 4 heteroatoms. The van der Waals surface area contributed by atoms with Crippen LogP contribution in [0, 0.1) is 5.41 Å². The van der Waals surface area contributed by atoms with E-state index in [-0.39, 0.29) is 11.2 Å². The lowest BCUT2D eigenvalue weighted by atomic mass is 9.76. The zero-order valence-electron chi connectivity index (χ0n) is 15.8. The molecular formula is C23H22ClNO2. The summed E-state index contributed by atoms with van der Waals surface area (Å²) in [6, 6.07) is 17.7. The van der Waals surface area contributed by atoms with Crippen molar-refractivity contribution in [1.29, 1.82) is 0 Å². The number of ether oxygens (including phenoxy) is 1. The summed E-state index contributed by atoms with van der Waals surface area (Å²) in [5, 5.41) is 0.695. The Morgan fingerprint density at radius 3 is 2.48 bits per heavy atom. The molecule has 1 aliphatic rings. The fourth-order valence-corrected chi connectivity index (χ4v) is 4.02. The molecule has 1 aliphatic carbocycles. The first kappa shape index (κ1) is 17.9. The van der Waals surface area contributed by atoms with E-state index in [0.29, 0.717) is 11.4 Å². The SMILES string of the molecule is COc1cccc(-n2c(-c3ccc(Cl)cc3)cc3c2CC(C)(C)CC3=O)c1. The van der Waals surface area contributed by atoms with Gasteiger partial charge in [-0.2, -0.15) is 0 Å². The number of hydrogen-bond donors (Lipinski definition) is 0. The van der Waals surface area contributed by atoms with E-state index in [1.54, 1.807) is 7.11 Å². The van der Waals surface area contributed by atoms with Gasteiger partial charge in [-0.15, -0.1) is 0 Å². The van der Waals surface area contributed by atoms with Crippen LogP contribution in [0.1, 0.15) is 36.3 Å². The standard InChI is InChI=1S/C23H22ClNO2/c1-23(2)13-21-19(22(26)14-23)12-20(15-7-9-16(24)10-8-15)25(21)17-5-4-6-18(11-17)27-3/h4-12H,13-14H2,1-3H3. The summed E-state index contributed by atoms with van der Waals surface area (Å²) in [6.07, 6.45) is 1.42. The number of carbonyl (C=O) groups excluding carboxylic acids is 1. The number of nitrogens with zero attached hydrogens (tertiary/aromatic N) is 1. The minimum absolute atomic E-state index is 0.0592. The van der Waals surface area contributed by atoms with E-state index >= 15 is 0 Å². The van der Waals surface area contributed by atoms with Crippen molar-refractivity contribution in [3.63, 3.8) is 0 Å². The molecule has 0 saturated carbocycles. The lowest BCUT2D eigenvalue weighted by Crippen LogP contribution is -2.27. The highest BCUT2D eigenvalue weighted by molar-refractivity contribution is 6.30. The molecule has 0 amide bonds. The van der Waals surface area contributed by atoms with Crippen molar-refractivity contribution >= 4 is 17.4 Å². The molecule has 1 heterocycles. The van der Waals surface area contributed by atoms with Crippen molar-refractivity contribution in [3.8, 4) is 22.7 Å². The van der Waals surface area contributed by atoms with Gasteiger partial charge in [-0.1, -0.05) is 43.6 Å². The molecule has 138 valence electrons. The van der Waals surface area contributed by atoms with Crippen molar-refractivity contribution in [2.45, 2.75) is 26.7 Å². The number of Topliss-reactive ketones (excluding diaryl/α,β-unsaturated/α-hetero) is 1. The van der Waals surface area contributed by atoms with Gasteiger partial charge in [-0.25, -0.2) is 0 Å². The minimum atomic E-state index is -0.0592. The third-order valence-corrected chi connectivity index (χ3v) is 5.39. The smallest absolute Gasteiger partial charge is 0.165 e. The molecule has 0 bridgehead atoms. The van der Waals surface area contributed by atoms with E-state index in [0.717, 1.165) is 40.4 Å². The molecule has 1 aromatic heterocycles. The highest BCUT2D eigenvalue weighted by atomic mass is 35.5. The molecule has 0 fully saturated rings. The lowest BCUT2D eigenvalue weighted by molar-refractivity contribution is 0.0911. The number of benzene rings is 2. The number of carbonyl (C=O) groups is 1. The van der Waals surface area contributed by atoms with Crippen LogP contribution >= 0.6 is 11.6 Å². The van der Waals surface area contributed by atoms with Gasteiger partial charge < -0.3 is 9.30 Å². The average molecular weight is 380 g/mol. The summed E-state index contributed by atoms with van der Waals surface area (Å²) in [5.41, 5.74) is 4.84. The number of fused-ring (bicyclic) bond motifs is 1. The molecule has 4 rings (SSSR count). The quantitative estimate of drug-likeness (QED) is 0.562. The van der Waals surface area contributed by atoms with Gasteiger partial charge in [0.2, 0.25) is 0 Å². The Morgan fingerprint density at radius 2 is 1.78 bits per heavy atom. The molecule has 27 heavy (non-hydrogen) atoms. The molecule has 0 radical (unpaired) electrons. The van der Waals surface area contributed by atoms with Gasteiger partial charge in [0.05, 0.1) is 12.8 Å². The number of ketones is 1. The van der Waals surface area contributed by atoms with Crippen LogP contribution in [0.25, 0.3) is 16.9 Å². The van der Waals surface area contributed by atoms with Gasteiger partial charge in [0.1, 0.15) is 5.75 Å². The van der Waals surface area contributed by atoms with Gasteiger partial charge in [0.15, 0.2) is 5.78 Å². The van der Waals surface area contributed by atoms with Crippen LogP contribution in [0.4, 0.5) is 0 Å². The third kappa shape index (κ3) is 3.28. The molecule has 3 aromatic rings. The molecule has 0 saturated heterocycles. The van der Waals surface area contributed by atoms with Crippen LogP contribution in [0.3, 0.4) is 0 Å². The molecule has 0 aliphatic heterocycles. The van der Waals surface area contributed by atoms with Crippen molar-refractivity contribution in [2.75, 3.05) is 7.11 Å². The number of halogens is 1. The zero-order chi connectivity index (χ0) is 19.2. The summed E-state index contributed by atoms with van der Waals surface area (Å²) in [5.74, 6) is 0.997. The Balaban J connectivity index is 1.99. The Labute approximate surface area is 164 Å². The first-order valence-electron chi connectivity index (χ1n) is 9.06. The molecule has 0 spiro atoms. The fourth-order valence-electron chi connectivity index (χ4n) is 3.89. The summed E-state index contributed by atoms with van der Waals surface area (Å²) in [7, 11) is 1.66. The number of aromatic nitrogens is 1. The monoisotopic (exact) mass is 379 g/mol. The maximum absolute atomic E-state index is 12.8. The Kier molecular flexibility index (Phi) is 4.35. The summed E-state index contributed by atoms with van der Waals surface area (Å²) < 4.78 is 7.62. The molecule has 0 unspecified atom stereocenters. The average Bonchev–Trinajstić information content (AvgIpc) is 3.00. The molecule has 0 N–H and O–H groups in total. The van der Waals surface area contributed by atoms with E-state index in [9.17, 15) is 4.79 Å².